The normalized spacial score (nSPS) is 13.2. The fourth-order valence-electron chi connectivity index (χ4n) is 1.47. The summed E-state index contributed by atoms with van der Waals surface area (Å²) >= 11 is 0. The lowest BCUT2D eigenvalue weighted by atomic mass is 10.3. The lowest BCUT2D eigenvalue weighted by molar-refractivity contribution is 0.656. The molecule has 3 heteroatoms. The van der Waals surface area contributed by atoms with Gasteiger partial charge >= 0.3 is 0 Å². The molecule has 0 spiro atoms. The first kappa shape index (κ1) is 9.10. The molecule has 1 aliphatic heterocycles. The highest BCUT2D eigenvalue weighted by Gasteiger charge is 2.14. The van der Waals surface area contributed by atoms with E-state index < -0.39 is 0 Å². The third-order valence-corrected chi connectivity index (χ3v) is 2.00. The van der Waals surface area contributed by atoms with E-state index in [1.165, 1.54) is 24.2 Å². The van der Waals surface area contributed by atoms with E-state index in [2.05, 4.69) is 15.1 Å². The first-order chi connectivity index (χ1) is 5.92. The number of aryl methyl sites for hydroxylation is 1. The highest BCUT2D eigenvalue weighted by Crippen LogP contribution is 2.21. The molecule has 0 unspecified atom stereocenters. The molecule has 1 aromatic rings. The summed E-state index contributed by atoms with van der Waals surface area (Å²) in [5.41, 5.74) is 2.56. The Bertz CT molecular complexity index is 240. The van der Waals surface area contributed by atoms with Crippen molar-refractivity contribution in [2.75, 3.05) is 12.4 Å². The summed E-state index contributed by atoms with van der Waals surface area (Å²) < 4.78 is 2.08. The van der Waals surface area contributed by atoms with E-state index in [0.29, 0.717) is 0 Å². The Morgan fingerprint density at radius 3 is 2.92 bits per heavy atom. The average molecular weight is 167 g/mol. The zero-order chi connectivity index (χ0) is 8.97. The zero-order valence-corrected chi connectivity index (χ0v) is 8.09. The Hall–Kier alpha value is -0.990. The molecule has 3 nitrogen and oxygen atoms in total. The number of rotatable bonds is 1. The van der Waals surface area contributed by atoms with Crippen LogP contribution in [0.1, 0.15) is 26.0 Å². The van der Waals surface area contributed by atoms with Gasteiger partial charge in [-0.05, 0) is 12.8 Å². The van der Waals surface area contributed by atoms with Gasteiger partial charge in [0.05, 0.1) is 17.6 Å². The van der Waals surface area contributed by atoms with Crippen LogP contribution in [-0.2, 0) is 13.0 Å². The van der Waals surface area contributed by atoms with Crippen LogP contribution in [-0.4, -0.2) is 16.8 Å². The van der Waals surface area contributed by atoms with Gasteiger partial charge in [0.1, 0.15) is 0 Å². The van der Waals surface area contributed by atoms with Crippen LogP contribution in [0.25, 0.3) is 0 Å². The summed E-state index contributed by atoms with van der Waals surface area (Å²) in [5.74, 6) is 0. The van der Waals surface area contributed by atoms with Crippen molar-refractivity contribution < 1.29 is 0 Å². The van der Waals surface area contributed by atoms with E-state index in [0.717, 1.165) is 6.54 Å². The fraction of sp³-hybridized carbons (Fsp3) is 0.667. The summed E-state index contributed by atoms with van der Waals surface area (Å²) in [6.07, 6.45) is 4.32. The van der Waals surface area contributed by atoms with Crippen LogP contribution in [0.3, 0.4) is 0 Å². The van der Waals surface area contributed by atoms with Crippen molar-refractivity contribution >= 4 is 5.69 Å². The molecule has 12 heavy (non-hydrogen) atoms. The minimum absolute atomic E-state index is 1.09. The Balaban J connectivity index is 0.000000336. The molecule has 2 heterocycles. The van der Waals surface area contributed by atoms with E-state index in [4.69, 9.17) is 0 Å². The van der Waals surface area contributed by atoms with Gasteiger partial charge in [0.2, 0.25) is 0 Å². The monoisotopic (exact) mass is 167 g/mol. The molecule has 0 aromatic carbocycles. The van der Waals surface area contributed by atoms with Crippen LogP contribution in [0, 0.1) is 0 Å². The molecule has 0 amide bonds. The molecule has 0 atom stereocenters. The van der Waals surface area contributed by atoms with Crippen molar-refractivity contribution in [3.63, 3.8) is 0 Å². The van der Waals surface area contributed by atoms with Crippen molar-refractivity contribution in [1.29, 1.82) is 0 Å². The minimum atomic E-state index is 1.09. The third-order valence-electron chi connectivity index (χ3n) is 2.00. The quantitative estimate of drug-likeness (QED) is 0.692. The Morgan fingerprint density at radius 1 is 1.50 bits per heavy atom. The molecule has 0 bridgehead atoms. The van der Waals surface area contributed by atoms with Crippen molar-refractivity contribution in [1.82, 2.24) is 9.78 Å². The van der Waals surface area contributed by atoms with Gasteiger partial charge in [0.25, 0.3) is 0 Å². The summed E-state index contributed by atoms with van der Waals surface area (Å²) in [6.45, 7) is 5.09. The fourth-order valence-corrected chi connectivity index (χ4v) is 1.47. The molecule has 2 rings (SSSR count). The van der Waals surface area contributed by atoms with Gasteiger partial charge in [-0.15, -0.1) is 0 Å². The van der Waals surface area contributed by atoms with Gasteiger partial charge in [0.15, 0.2) is 0 Å². The molecule has 1 N–H and O–H groups in total. The average Bonchev–Trinajstić information content (AvgIpc) is 2.67. The molecule has 0 aliphatic carbocycles. The maximum Gasteiger partial charge on any atom is 0.0756 e. The zero-order valence-electron chi connectivity index (χ0n) is 8.09. The second-order valence-electron chi connectivity index (χ2n) is 2.58. The molecular weight excluding hydrogens is 150 g/mol. The first-order valence-corrected chi connectivity index (χ1v) is 4.64. The van der Waals surface area contributed by atoms with E-state index in [1.54, 1.807) is 0 Å². The maximum absolute atomic E-state index is 4.22. The predicted octanol–water partition coefficient (Wildman–Crippen LogP) is 1.90. The van der Waals surface area contributed by atoms with E-state index in [9.17, 15) is 0 Å². The first-order valence-electron chi connectivity index (χ1n) is 4.64. The molecule has 1 aliphatic rings. The van der Waals surface area contributed by atoms with Gasteiger partial charge in [0, 0.05) is 13.6 Å². The Morgan fingerprint density at radius 2 is 2.25 bits per heavy atom. The largest absolute Gasteiger partial charge is 0.385 e. The van der Waals surface area contributed by atoms with Crippen LogP contribution in [0.2, 0.25) is 0 Å². The summed E-state index contributed by atoms with van der Waals surface area (Å²) in [6, 6.07) is 0. The number of hydrogen-bond donors (Lipinski definition) is 1. The van der Waals surface area contributed by atoms with Crippen molar-refractivity contribution in [2.24, 2.45) is 0 Å². The van der Waals surface area contributed by atoms with Crippen LogP contribution >= 0.6 is 0 Å². The van der Waals surface area contributed by atoms with E-state index >= 15 is 0 Å². The van der Waals surface area contributed by atoms with Crippen LogP contribution in [0.5, 0.6) is 0 Å². The molecule has 1 aromatic heterocycles. The van der Waals surface area contributed by atoms with Crippen LogP contribution < -0.4 is 5.32 Å². The number of nitrogens with one attached hydrogen (secondary N) is 1. The number of nitrogens with zero attached hydrogens (tertiary/aromatic N) is 2. The second kappa shape index (κ2) is 4.14. The lowest BCUT2D eigenvalue weighted by Gasteiger charge is -1.96. The second-order valence-corrected chi connectivity index (χ2v) is 2.58. The van der Waals surface area contributed by atoms with Crippen LogP contribution in [0.15, 0.2) is 6.20 Å². The van der Waals surface area contributed by atoms with E-state index in [1.807, 2.05) is 27.1 Å². The highest BCUT2D eigenvalue weighted by atomic mass is 15.3. The van der Waals surface area contributed by atoms with Gasteiger partial charge in [-0.1, -0.05) is 13.8 Å². The molecule has 68 valence electrons. The SMILES string of the molecule is CC.CNc1cnn2c1CCC2. The summed E-state index contributed by atoms with van der Waals surface area (Å²) in [7, 11) is 1.94. The van der Waals surface area contributed by atoms with E-state index in [-0.39, 0.29) is 0 Å². The van der Waals surface area contributed by atoms with Gasteiger partial charge in [-0.25, -0.2) is 0 Å². The van der Waals surface area contributed by atoms with Crippen molar-refractivity contribution in [2.45, 2.75) is 33.2 Å². The highest BCUT2D eigenvalue weighted by molar-refractivity contribution is 5.46. The van der Waals surface area contributed by atoms with Crippen molar-refractivity contribution in [3.05, 3.63) is 11.9 Å². The van der Waals surface area contributed by atoms with Crippen molar-refractivity contribution in [3.8, 4) is 0 Å². The molecule has 0 saturated carbocycles. The standard InChI is InChI=1S/C7H11N3.C2H6/c1-8-6-5-9-10-4-2-3-7(6)10;1-2/h5,8H,2-4H2,1H3;1-2H3. The number of anilines is 1. The number of aromatic nitrogens is 2. The molecular formula is C9H17N3. The van der Waals surface area contributed by atoms with Gasteiger partial charge in [-0.3, -0.25) is 4.68 Å². The number of fused-ring (bicyclic) bond motifs is 1. The predicted molar refractivity (Wildman–Crippen MR) is 51.4 cm³/mol. The molecule has 0 fully saturated rings. The summed E-state index contributed by atoms with van der Waals surface area (Å²) in [5, 5.41) is 7.35. The third kappa shape index (κ3) is 1.44. The van der Waals surface area contributed by atoms with Gasteiger partial charge < -0.3 is 5.32 Å². The van der Waals surface area contributed by atoms with Crippen LogP contribution in [0.4, 0.5) is 5.69 Å². The maximum atomic E-state index is 4.22. The number of hydrogen-bond acceptors (Lipinski definition) is 2. The topological polar surface area (TPSA) is 29.9 Å². The summed E-state index contributed by atoms with van der Waals surface area (Å²) in [4.78, 5) is 0. The molecule has 0 saturated heterocycles. The minimum Gasteiger partial charge on any atom is -0.385 e. The lowest BCUT2D eigenvalue weighted by Crippen LogP contribution is -1.94. The Kier molecular flexibility index (Phi) is 3.14. The molecule has 0 radical (unpaired) electrons. The Labute approximate surface area is 73.8 Å². The smallest absolute Gasteiger partial charge is 0.0756 e. The van der Waals surface area contributed by atoms with Gasteiger partial charge in [-0.2, -0.15) is 5.10 Å².